The van der Waals surface area contributed by atoms with Crippen molar-refractivity contribution in [1.29, 1.82) is 0 Å². The van der Waals surface area contributed by atoms with Crippen LogP contribution >= 0.6 is 0 Å². The maximum absolute atomic E-state index is 12.4. The largest absolute Gasteiger partial charge is 0.493 e. The van der Waals surface area contributed by atoms with Crippen LogP contribution in [0.25, 0.3) is 5.69 Å². The SMILES string of the molecule is CCOc1c(C=NNC(=O)c2ccc(COc3ccc(-n4c(C)ccc4C)cc3)o2)cccc1OC. The summed E-state index contributed by atoms with van der Waals surface area (Å²) < 4.78 is 24.6. The van der Waals surface area contributed by atoms with Crippen LogP contribution in [0.4, 0.5) is 0 Å². The molecule has 1 amide bonds. The fourth-order valence-electron chi connectivity index (χ4n) is 3.81. The number of rotatable bonds is 10. The van der Waals surface area contributed by atoms with Gasteiger partial charge < -0.3 is 23.2 Å². The van der Waals surface area contributed by atoms with E-state index >= 15 is 0 Å². The smallest absolute Gasteiger partial charge is 0.307 e. The Labute approximate surface area is 210 Å². The molecule has 2 heterocycles. The van der Waals surface area contributed by atoms with E-state index in [1.54, 1.807) is 25.3 Å². The summed E-state index contributed by atoms with van der Waals surface area (Å²) in [6, 6.07) is 20.7. The Kier molecular flexibility index (Phi) is 7.75. The lowest BCUT2D eigenvalue weighted by Crippen LogP contribution is -2.17. The van der Waals surface area contributed by atoms with Gasteiger partial charge in [0.05, 0.1) is 19.9 Å². The Morgan fingerprint density at radius 2 is 1.75 bits per heavy atom. The van der Waals surface area contributed by atoms with Crippen molar-refractivity contribution in [3.05, 3.63) is 95.2 Å². The van der Waals surface area contributed by atoms with Gasteiger partial charge in [-0.25, -0.2) is 5.43 Å². The summed E-state index contributed by atoms with van der Waals surface area (Å²) in [5.41, 5.74) is 6.56. The first kappa shape index (κ1) is 24.7. The van der Waals surface area contributed by atoms with Crippen LogP contribution in [0.5, 0.6) is 17.2 Å². The molecule has 36 heavy (non-hydrogen) atoms. The second kappa shape index (κ2) is 11.3. The van der Waals surface area contributed by atoms with Crippen LogP contribution < -0.4 is 19.6 Å². The lowest BCUT2D eigenvalue weighted by Gasteiger charge is -2.11. The first-order valence-electron chi connectivity index (χ1n) is 11.6. The monoisotopic (exact) mass is 487 g/mol. The van der Waals surface area contributed by atoms with E-state index in [0.717, 1.165) is 5.69 Å². The zero-order chi connectivity index (χ0) is 25.5. The maximum atomic E-state index is 12.4. The van der Waals surface area contributed by atoms with Crippen molar-refractivity contribution in [3.8, 4) is 22.9 Å². The molecule has 4 aromatic rings. The third kappa shape index (κ3) is 5.60. The fraction of sp³-hybridized carbons (Fsp3) is 0.214. The van der Waals surface area contributed by atoms with Gasteiger partial charge in [-0.3, -0.25) is 4.79 Å². The minimum atomic E-state index is -0.472. The number of furan rings is 1. The predicted octanol–water partition coefficient (Wildman–Crippen LogP) is 5.44. The van der Waals surface area contributed by atoms with Gasteiger partial charge in [0.15, 0.2) is 17.3 Å². The lowest BCUT2D eigenvalue weighted by atomic mass is 10.2. The van der Waals surface area contributed by atoms with Crippen molar-refractivity contribution in [2.75, 3.05) is 13.7 Å². The van der Waals surface area contributed by atoms with Crippen LogP contribution in [-0.4, -0.2) is 30.4 Å². The van der Waals surface area contributed by atoms with E-state index in [1.165, 1.54) is 17.6 Å². The van der Waals surface area contributed by atoms with Crippen LogP contribution in [0.1, 0.15) is 40.2 Å². The van der Waals surface area contributed by atoms with Crippen LogP contribution in [0, 0.1) is 13.8 Å². The summed E-state index contributed by atoms with van der Waals surface area (Å²) >= 11 is 0. The highest BCUT2D eigenvalue weighted by Gasteiger charge is 2.12. The number of aryl methyl sites for hydroxylation is 2. The zero-order valence-electron chi connectivity index (χ0n) is 20.8. The standard InChI is InChI=1S/C28H29N3O5/c1-5-34-27-21(7-6-8-25(27)33-4)17-29-30-28(32)26-16-15-24(36-26)18-35-23-13-11-22(12-14-23)31-19(2)9-10-20(31)3/h6-17H,5,18H2,1-4H3,(H,30,32). The molecule has 0 radical (unpaired) electrons. The quantitative estimate of drug-likeness (QED) is 0.238. The first-order valence-corrected chi connectivity index (χ1v) is 11.6. The number of nitrogens with one attached hydrogen (secondary N) is 1. The summed E-state index contributed by atoms with van der Waals surface area (Å²) in [5.74, 6) is 2.04. The van der Waals surface area contributed by atoms with Crippen LogP contribution in [-0.2, 0) is 6.61 Å². The van der Waals surface area contributed by atoms with Gasteiger partial charge in [0.2, 0.25) is 0 Å². The Hall–Kier alpha value is -4.46. The lowest BCUT2D eigenvalue weighted by molar-refractivity contribution is 0.0923. The number of hydrazone groups is 1. The zero-order valence-corrected chi connectivity index (χ0v) is 20.8. The van der Waals surface area contributed by atoms with E-state index < -0.39 is 5.91 Å². The van der Waals surface area contributed by atoms with E-state index in [1.807, 2.05) is 43.3 Å². The number of hydrogen-bond acceptors (Lipinski definition) is 6. The number of para-hydroxylation sites is 1. The van der Waals surface area contributed by atoms with Crippen molar-refractivity contribution in [2.45, 2.75) is 27.4 Å². The van der Waals surface area contributed by atoms with Crippen molar-refractivity contribution < 1.29 is 23.4 Å². The molecule has 0 atom stereocenters. The number of methoxy groups -OCH3 is 1. The second-order valence-corrected chi connectivity index (χ2v) is 8.01. The van der Waals surface area contributed by atoms with E-state index in [2.05, 4.69) is 41.1 Å². The number of aromatic nitrogens is 1. The Morgan fingerprint density at radius 3 is 2.44 bits per heavy atom. The number of ether oxygens (including phenoxy) is 3. The highest BCUT2D eigenvalue weighted by molar-refractivity contribution is 5.93. The molecule has 0 saturated heterocycles. The Balaban J connectivity index is 1.33. The number of amides is 1. The van der Waals surface area contributed by atoms with Crippen molar-refractivity contribution in [1.82, 2.24) is 9.99 Å². The number of hydrogen-bond donors (Lipinski definition) is 1. The molecule has 8 heteroatoms. The Morgan fingerprint density at radius 1 is 1.00 bits per heavy atom. The van der Waals surface area contributed by atoms with Gasteiger partial charge in [-0.1, -0.05) is 6.07 Å². The summed E-state index contributed by atoms with van der Waals surface area (Å²) in [5, 5.41) is 4.03. The predicted molar refractivity (Wildman–Crippen MR) is 138 cm³/mol. The van der Waals surface area contributed by atoms with Gasteiger partial charge in [0, 0.05) is 22.6 Å². The fourth-order valence-corrected chi connectivity index (χ4v) is 3.81. The van der Waals surface area contributed by atoms with E-state index in [0.29, 0.717) is 35.2 Å². The average Bonchev–Trinajstić information content (AvgIpc) is 3.50. The molecule has 0 fully saturated rings. The van der Waals surface area contributed by atoms with Gasteiger partial charge in [-0.05, 0) is 81.4 Å². The minimum Gasteiger partial charge on any atom is -0.493 e. The Bertz CT molecular complexity index is 1330. The second-order valence-electron chi connectivity index (χ2n) is 8.01. The molecule has 186 valence electrons. The molecular weight excluding hydrogens is 458 g/mol. The number of benzene rings is 2. The molecule has 0 spiro atoms. The molecule has 0 bridgehead atoms. The molecule has 0 aliphatic rings. The van der Waals surface area contributed by atoms with Gasteiger partial charge in [-0.2, -0.15) is 5.10 Å². The third-order valence-electron chi connectivity index (χ3n) is 5.52. The molecule has 0 saturated carbocycles. The molecule has 0 aliphatic carbocycles. The third-order valence-corrected chi connectivity index (χ3v) is 5.52. The van der Waals surface area contributed by atoms with Crippen LogP contribution in [0.3, 0.4) is 0 Å². The number of carbonyl (C=O) groups is 1. The first-order chi connectivity index (χ1) is 17.5. The molecule has 2 aromatic heterocycles. The summed E-state index contributed by atoms with van der Waals surface area (Å²) in [4.78, 5) is 12.4. The minimum absolute atomic E-state index is 0.135. The summed E-state index contributed by atoms with van der Waals surface area (Å²) in [7, 11) is 1.57. The molecule has 1 N–H and O–H groups in total. The normalized spacial score (nSPS) is 11.0. The summed E-state index contributed by atoms with van der Waals surface area (Å²) in [6.45, 7) is 6.70. The summed E-state index contributed by atoms with van der Waals surface area (Å²) in [6.07, 6.45) is 1.50. The van der Waals surface area contributed by atoms with Crippen LogP contribution in [0.2, 0.25) is 0 Å². The van der Waals surface area contributed by atoms with Gasteiger partial charge in [-0.15, -0.1) is 0 Å². The van der Waals surface area contributed by atoms with Gasteiger partial charge >= 0.3 is 5.91 Å². The van der Waals surface area contributed by atoms with Crippen molar-refractivity contribution >= 4 is 12.1 Å². The number of carbonyl (C=O) groups excluding carboxylic acids is 1. The van der Waals surface area contributed by atoms with Crippen molar-refractivity contribution in [2.24, 2.45) is 5.10 Å². The number of nitrogens with zero attached hydrogens (tertiary/aromatic N) is 2. The average molecular weight is 488 g/mol. The topological polar surface area (TPSA) is 87.2 Å². The van der Waals surface area contributed by atoms with E-state index in [9.17, 15) is 4.79 Å². The van der Waals surface area contributed by atoms with Crippen LogP contribution in [0.15, 0.2) is 76.2 Å². The molecular formula is C28H29N3O5. The van der Waals surface area contributed by atoms with Gasteiger partial charge in [0.1, 0.15) is 18.1 Å². The molecule has 0 unspecified atom stereocenters. The molecule has 2 aromatic carbocycles. The highest BCUT2D eigenvalue weighted by Crippen LogP contribution is 2.30. The highest BCUT2D eigenvalue weighted by atomic mass is 16.5. The molecule has 4 rings (SSSR count). The van der Waals surface area contributed by atoms with Gasteiger partial charge in [0.25, 0.3) is 0 Å². The van der Waals surface area contributed by atoms with E-state index in [4.69, 9.17) is 18.6 Å². The van der Waals surface area contributed by atoms with E-state index in [-0.39, 0.29) is 12.4 Å². The maximum Gasteiger partial charge on any atom is 0.307 e. The molecule has 8 nitrogen and oxygen atoms in total. The molecule has 0 aliphatic heterocycles. The van der Waals surface area contributed by atoms with Crippen molar-refractivity contribution in [3.63, 3.8) is 0 Å².